The highest BCUT2D eigenvalue weighted by Crippen LogP contribution is 2.27. The zero-order valence-electron chi connectivity index (χ0n) is 20.3. The van der Waals surface area contributed by atoms with E-state index in [1.54, 1.807) is 13.2 Å². The van der Waals surface area contributed by atoms with Gasteiger partial charge in [0.1, 0.15) is 18.1 Å². The van der Waals surface area contributed by atoms with Crippen LogP contribution in [0.2, 0.25) is 0 Å². The van der Waals surface area contributed by atoms with E-state index in [2.05, 4.69) is 17.0 Å². The number of ether oxygens (including phenoxy) is 2. The molecule has 1 fully saturated rings. The monoisotopic (exact) mass is 455 g/mol. The van der Waals surface area contributed by atoms with Crippen LogP contribution >= 0.6 is 0 Å². The molecule has 1 aliphatic heterocycles. The van der Waals surface area contributed by atoms with E-state index in [0.717, 1.165) is 46.8 Å². The molecule has 3 aromatic carbocycles. The van der Waals surface area contributed by atoms with E-state index < -0.39 is 0 Å². The normalized spacial score (nSPS) is 13.8. The van der Waals surface area contributed by atoms with Gasteiger partial charge in [0, 0.05) is 29.9 Å². The lowest BCUT2D eigenvalue weighted by molar-refractivity contribution is 0.104. The Hall–Kier alpha value is -3.53. The smallest absolute Gasteiger partial charge is 0.185 e. The highest BCUT2D eigenvalue weighted by atomic mass is 16.5. The average molecular weight is 456 g/mol. The fraction of sp³-hybridized carbons (Fsp3) is 0.300. The molecule has 34 heavy (non-hydrogen) atoms. The van der Waals surface area contributed by atoms with Crippen LogP contribution in [-0.4, -0.2) is 26.0 Å². The van der Waals surface area contributed by atoms with Crippen molar-refractivity contribution < 1.29 is 14.3 Å². The van der Waals surface area contributed by atoms with E-state index in [1.165, 1.54) is 24.9 Å². The molecule has 0 radical (unpaired) electrons. The standard InChI is InChI=1S/C30H33NO3/c1-22-8-7-9-23(2)30(22)34-21-26-20-24(11-17-29(26)33-3)10-16-28(32)25-12-14-27(15-13-25)31-18-5-4-6-19-31/h7-17,20H,4-6,18-19,21H2,1-3H3/b16-10+. The predicted octanol–water partition coefficient (Wildman–Crippen LogP) is 6.78. The largest absolute Gasteiger partial charge is 0.496 e. The van der Waals surface area contributed by atoms with Crippen LogP contribution in [-0.2, 0) is 6.61 Å². The van der Waals surface area contributed by atoms with E-state index in [4.69, 9.17) is 9.47 Å². The average Bonchev–Trinajstić information content (AvgIpc) is 2.87. The number of aryl methyl sites for hydroxylation is 2. The van der Waals surface area contributed by atoms with Crippen LogP contribution < -0.4 is 14.4 Å². The highest BCUT2D eigenvalue weighted by Gasteiger charge is 2.12. The zero-order valence-corrected chi connectivity index (χ0v) is 20.3. The van der Waals surface area contributed by atoms with Gasteiger partial charge >= 0.3 is 0 Å². The van der Waals surface area contributed by atoms with Crippen molar-refractivity contribution in [2.45, 2.75) is 39.7 Å². The van der Waals surface area contributed by atoms with Gasteiger partial charge in [0.05, 0.1) is 7.11 Å². The lowest BCUT2D eigenvalue weighted by Crippen LogP contribution is -2.29. The summed E-state index contributed by atoms with van der Waals surface area (Å²) in [7, 11) is 1.66. The summed E-state index contributed by atoms with van der Waals surface area (Å²) >= 11 is 0. The second-order valence-electron chi connectivity index (χ2n) is 8.87. The predicted molar refractivity (Wildman–Crippen MR) is 139 cm³/mol. The van der Waals surface area contributed by atoms with Gasteiger partial charge in [-0.3, -0.25) is 4.79 Å². The van der Waals surface area contributed by atoms with Crippen LogP contribution in [0.25, 0.3) is 6.08 Å². The first-order valence-electron chi connectivity index (χ1n) is 12.0. The molecule has 0 saturated carbocycles. The number of carbonyl (C=O) groups is 1. The first-order valence-corrected chi connectivity index (χ1v) is 12.0. The molecule has 0 aromatic heterocycles. The van der Waals surface area contributed by atoms with Crippen LogP contribution in [0.3, 0.4) is 0 Å². The molecule has 0 amide bonds. The molecule has 0 N–H and O–H groups in total. The molecule has 0 aliphatic carbocycles. The van der Waals surface area contributed by atoms with Crippen molar-refractivity contribution in [3.8, 4) is 11.5 Å². The molecular weight excluding hydrogens is 422 g/mol. The number of benzene rings is 3. The Morgan fingerprint density at radius 1 is 0.941 bits per heavy atom. The maximum absolute atomic E-state index is 12.7. The molecule has 0 bridgehead atoms. The Morgan fingerprint density at radius 3 is 2.32 bits per heavy atom. The highest BCUT2D eigenvalue weighted by molar-refractivity contribution is 6.07. The van der Waals surface area contributed by atoms with E-state index in [9.17, 15) is 4.79 Å². The molecule has 3 aromatic rings. The fourth-order valence-electron chi connectivity index (χ4n) is 4.45. The Labute approximate surface area is 202 Å². The molecule has 4 rings (SSSR count). The minimum Gasteiger partial charge on any atom is -0.496 e. The summed E-state index contributed by atoms with van der Waals surface area (Å²) in [5.41, 5.74) is 5.97. The van der Waals surface area contributed by atoms with Gasteiger partial charge in [-0.05, 0) is 92.3 Å². The summed E-state index contributed by atoms with van der Waals surface area (Å²) in [6, 6.07) is 20.0. The molecular formula is C30H33NO3. The van der Waals surface area contributed by atoms with Gasteiger partial charge in [-0.2, -0.15) is 0 Å². The van der Waals surface area contributed by atoms with Gasteiger partial charge in [-0.15, -0.1) is 0 Å². The van der Waals surface area contributed by atoms with Crippen LogP contribution in [0.15, 0.2) is 66.7 Å². The first-order chi connectivity index (χ1) is 16.5. The summed E-state index contributed by atoms with van der Waals surface area (Å²) < 4.78 is 11.7. The van der Waals surface area contributed by atoms with Crippen LogP contribution in [0, 0.1) is 13.8 Å². The minimum absolute atomic E-state index is 0.00523. The van der Waals surface area contributed by atoms with Crippen molar-refractivity contribution in [3.05, 3.63) is 94.6 Å². The number of hydrogen-bond donors (Lipinski definition) is 0. The minimum atomic E-state index is -0.00523. The molecule has 1 saturated heterocycles. The van der Waals surface area contributed by atoms with Crippen molar-refractivity contribution in [1.82, 2.24) is 0 Å². The molecule has 0 spiro atoms. The van der Waals surface area contributed by atoms with Gasteiger partial charge in [0.25, 0.3) is 0 Å². The topological polar surface area (TPSA) is 38.8 Å². The maximum Gasteiger partial charge on any atom is 0.185 e. The van der Waals surface area contributed by atoms with E-state index in [-0.39, 0.29) is 5.78 Å². The Bertz CT molecular complexity index is 1140. The summed E-state index contributed by atoms with van der Waals surface area (Å²) in [6.07, 6.45) is 7.27. The number of allylic oxidation sites excluding steroid dienone is 1. The quantitative estimate of drug-likeness (QED) is 0.277. The lowest BCUT2D eigenvalue weighted by Gasteiger charge is -2.28. The first kappa shape index (κ1) is 23.6. The van der Waals surface area contributed by atoms with Gasteiger partial charge < -0.3 is 14.4 Å². The summed E-state index contributed by atoms with van der Waals surface area (Å²) in [5.74, 6) is 1.66. The number of anilines is 1. The number of ketones is 1. The number of rotatable bonds is 8. The molecule has 176 valence electrons. The summed E-state index contributed by atoms with van der Waals surface area (Å²) in [4.78, 5) is 15.1. The Balaban J connectivity index is 1.44. The van der Waals surface area contributed by atoms with Gasteiger partial charge in [0.2, 0.25) is 0 Å². The second-order valence-corrected chi connectivity index (χ2v) is 8.87. The van der Waals surface area contributed by atoms with E-state index in [1.807, 2.05) is 68.5 Å². The second kappa shape index (κ2) is 11.1. The number of para-hydroxylation sites is 1. The SMILES string of the molecule is COc1ccc(/C=C/C(=O)c2ccc(N3CCCCC3)cc2)cc1COc1c(C)cccc1C. The van der Waals surface area contributed by atoms with Crippen molar-refractivity contribution in [2.24, 2.45) is 0 Å². The van der Waals surface area contributed by atoms with Gasteiger partial charge in [-0.1, -0.05) is 30.3 Å². The number of methoxy groups -OCH3 is 1. The lowest BCUT2D eigenvalue weighted by atomic mass is 10.1. The maximum atomic E-state index is 12.7. The number of piperidine rings is 1. The molecule has 4 heteroatoms. The molecule has 4 nitrogen and oxygen atoms in total. The van der Waals surface area contributed by atoms with Crippen molar-refractivity contribution in [2.75, 3.05) is 25.1 Å². The van der Waals surface area contributed by atoms with Crippen molar-refractivity contribution >= 4 is 17.5 Å². The number of carbonyl (C=O) groups excluding carboxylic acids is 1. The third-order valence-corrected chi connectivity index (χ3v) is 6.39. The van der Waals surface area contributed by atoms with E-state index >= 15 is 0 Å². The molecule has 1 aliphatic rings. The molecule has 0 unspecified atom stereocenters. The number of hydrogen-bond acceptors (Lipinski definition) is 4. The van der Waals surface area contributed by atoms with Crippen molar-refractivity contribution in [3.63, 3.8) is 0 Å². The van der Waals surface area contributed by atoms with E-state index in [0.29, 0.717) is 12.2 Å². The molecule has 0 atom stereocenters. The fourth-order valence-corrected chi connectivity index (χ4v) is 4.45. The molecule has 1 heterocycles. The summed E-state index contributed by atoms with van der Waals surface area (Å²) in [6.45, 7) is 6.68. The van der Waals surface area contributed by atoms with Gasteiger partial charge in [0.15, 0.2) is 5.78 Å². The Morgan fingerprint density at radius 2 is 1.65 bits per heavy atom. The van der Waals surface area contributed by atoms with Gasteiger partial charge in [-0.25, -0.2) is 0 Å². The third-order valence-electron chi connectivity index (χ3n) is 6.39. The van der Waals surface area contributed by atoms with Crippen molar-refractivity contribution in [1.29, 1.82) is 0 Å². The third kappa shape index (κ3) is 5.69. The Kier molecular flexibility index (Phi) is 7.69. The number of nitrogens with zero attached hydrogens (tertiary/aromatic N) is 1. The summed E-state index contributed by atoms with van der Waals surface area (Å²) in [5, 5.41) is 0. The van der Waals surface area contributed by atoms with Crippen LogP contribution in [0.1, 0.15) is 51.9 Å². The van der Waals surface area contributed by atoms with Crippen LogP contribution in [0.4, 0.5) is 5.69 Å². The zero-order chi connectivity index (χ0) is 23.9. The van der Waals surface area contributed by atoms with Crippen LogP contribution in [0.5, 0.6) is 11.5 Å².